The number of nitrogens with one attached hydrogen (secondary N) is 1. The summed E-state index contributed by atoms with van der Waals surface area (Å²) in [5.74, 6) is 0. The van der Waals surface area contributed by atoms with Crippen molar-refractivity contribution in [1.29, 1.82) is 0 Å². The lowest BCUT2D eigenvalue weighted by molar-refractivity contribution is 0.415. The first kappa shape index (κ1) is 14.5. The second-order valence-corrected chi connectivity index (χ2v) is 6.82. The number of anilines is 1. The van der Waals surface area contributed by atoms with Crippen molar-refractivity contribution >= 4 is 17.0 Å². The van der Waals surface area contributed by atoms with Gasteiger partial charge in [0.25, 0.3) is 0 Å². The highest BCUT2D eigenvalue weighted by molar-refractivity contribution is 7.11. The summed E-state index contributed by atoms with van der Waals surface area (Å²) in [6, 6.07) is 9.38. The Kier molecular flexibility index (Phi) is 4.88. The van der Waals surface area contributed by atoms with E-state index in [0.29, 0.717) is 6.04 Å². The van der Waals surface area contributed by atoms with Crippen LogP contribution in [0.2, 0.25) is 0 Å². The second kappa shape index (κ2) is 7.05. The summed E-state index contributed by atoms with van der Waals surface area (Å²) in [4.78, 5) is 9.49. The first-order valence-electron chi connectivity index (χ1n) is 7.81. The SMILES string of the molecule is CCc1ccc(CNC2CCN(c3ccncc3)CC2)s1. The van der Waals surface area contributed by atoms with Gasteiger partial charge in [0.15, 0.2) is 0 Å². The van der Waals surface area contributed by atoms with Gasteiger partial charge in [-0.25, -0.2) is 0 Å². The molecule has 0 aliphatic carbocycles. The van der Waals surface area contributed by atoms with Gasteiger partial charge in [-0.3, -0.25) is 4.98 Å². The van der Waals surface area contributed by atoms with Crippen LogP contribution in [0.25, 0.3) is 0 Å². The normalized spacial score (nSPS) is 16.3. The van der Waals surface area contributed by atoms with Crippen molar-refractivity contribution < 1.29 is 0 Å². The lowest BCUT2D eigenvalue weighted by atomic mass is 10.0. The third-order valence-electron chi connectivity index (χ3n) is 4.15. The lowest BCUT2D eigenvalue weighted by Gasteiger charge is -2.34. The summed E-state index contributed by atoms with van der Waals surface area (Å²) < 4.78 is 0. The standard InChI is InChI=1S/C17H23N3S/c1-2-16-3-4-17(21-16)13-19-14-7-11-20(12-8-14)15-5-9-18-10-6-15/h3-6,9-10,14,19H,2,7-8,11-13H2,1H3. The van der Waals surface area contributed by atoms with E-state index < -0.39 is 0 Å². The van der Waals surface area contributed by atoms with Gasteiger partial charge in [0, 0.05) is 53.5 Å². The van der Waals surface area contributed by atoms with Gasteiger partial charge in [-0.05, 0) is 43.5 Å². The monoisotopic (exact) mass is 301 g/mol. The summed E-state index contributed by atoms with van der Waals surface area (Å²) in [6.07, 6.45) is 7.33. The molecule has 1 aliphatic rings. The summed E-state index contributed by atoms with van der Waals surface area (Å²) in [7, 11) is 0. The van der Waals surface area contributed by atoms with E-state index in [-0.39, 0.29) is 0 Å². The number of pyridine rings is 1. The highest BCUT2D eigenvalue weighted by atomic mass is 32.1. The fraction of sp³-hybridized carbons (Fsp3) is 0.471. The maximum absolute atomic E-state index is 4.09. The van der Waals surface area contributed by atoms with E-state index in [9.17, 15) is 0 Å². The van der Waals surface area contributed by atoms with Crippen LogP contribution in [0, 0.1) is 0 Å². The average Bonchev–Trinajstić information content (AvgIpc) is 3.02. The molecule has 0 atom stereocenters. The summed E-state index contributed by atoms with van der Waals surface area (Å²) in [6.45, 7) is 5.50. The maximum atomic E-state index is 4.09. The molecule has 0 bridgehead atoms. The topological polar surface area (TPSA) is 28.2 Å². The minimum atomic E-state index is 0.648. The number of thiophene rings is 1. The molecule has 0 unspecified atom stereocenters. The Balaban J connectivity index is 1.45. The predicted molar refractivity (Wildman–Crippen MR) is 90.0 cm³/mol. The Bertz CT molecular complexity index is 544. The van der Waals surface area contributed by atoms with E-state index in [1.54, 1.807) is 0 Å². The molecular formula is C17H23N3S. The van der Waals surface area contributed by atoms with Crippen molar-refractivity contribution in [1.82, 2.24) is 10.3 Å². The molecule has 3 heterocycles. The molecule has 2 aromatic rings. The fourth-order valence-electron chi connectivity index (χ4n) is 2.85. The molecule has 0 spiro atoms. The van der Waals surface area contributed by atoms with E-state index in [4.69, 9.17) is 0 Å². The molecule has 1 saturated heterocycles. The second-order valence-electron chi connectivity index (χ2n) is 5.57. The molecule has 2 aromatic heterocycles. The molecule has 0 amide bonds. The van der Waals surface area contributed by atoms with E-state index in [1.807, 2.05) is 23.7 Å². The largest absolute Gasteiger partial charge is 0.371 e. The minimum Gasteiger partial charge on any atom is -0.371 e. The molecule has 3 nitrogen and oxygen atoms in total. The molecule has 1 N–H and O–H groups in total. The lowest BCUT2D eigenvalue weighted by Crippen LogP contribution is -2.42. The van der Waals surface area contributed by atoms with Gasteiger partial charge in [0.1, 0.15) is 0 Å². The minimum absolute atomic E-state index is 0.648. The Morgan fingerprint density at radius 2 is 1.86 bits per heavy atom. The molecule has 4 heteroatoms. The highest BCUT2D eigenvalue weighted by Gasteiger charge is 2.18. The van der Waals surface area contributed by atoms with Crippen LogP contribution in [0.15, 0.2) is 36.7 Å². The fourth-order valence-corrected chi connectivity index (χ4v) is 3.76. The number of piperidine rings is 1. The number of hydrogen-bond donors (Lipinski definition) is 1. The van der Waals surface area contributed by atoms with E-state index in [2.05, 4.69) is 46.4 Å². The molecule has 0 radical (unpaired) electrons. The van der Waals surface area contributed by atoms with Gasteiger partial charge in [-0.1, -0.05) is 6.92 Å². The number of aromatic nitrogens is 1. The van der Waals surface area contributed by atoms with Crippen molar-refractivity contribution in [2.24, 2.45) is 0 Å². The molecule has 0 saturated carbocycles. The van der Waals surface area contributed by atoms with Crippen molar-refractivity contribution in [3.63, 3.8) is 0 Å². The van der Waals surface area contributed by atoms with Gasteiger partial charge >= 0.3 is 0 Å². The predicted octanol–water partition coefficient (Wildman–Crippen LogP) is 3.46. The molecular weight excluding hydrogens is 278 g/mol. The zero-order valence-corrected chi connectivity index (χ0v) is 13.4. The van der Waals surface area contributed by atoms with Gasteiger partial charge in [-0.2, -0.15) is 0 Å². The first-order valence-corrected chi connectivity index (χ1v) is 8.62. The molecule has 112 valence electrons. The van der Waals surface area contributed by atoms with Crippen molar-refractivity contribution in [3.05, 3.63) is 46.4 Å². The van der Waals surface area contributed by atoms with Crippen molar-refractivity contribution in [2.75, 3.05) is 18.0 Å². The molecule has 21 heavy (non-hydrogen) atoms. The Hall–Kier alpha value is -1.39. The molecule has 1 fully saturated rings. The van der Waals surface area contributed by atoms with Crippen LogP contribution < -0.4 is 10.2 Å². The number of rotatable bonds is 5. The number of aryl methyl sites for hydroxylation is 1. The van der Waals surface area contributed by atoms with Gasteiger partial charge in [0.05, 0.1) is 0 Å². The number of hydrogen-bond acceptors (Lipinski definition) is 4. The third kappa shape index (κ3) is 3.83. The maximum Gasteiger partial charge on any atom is 0.0397 e. The molecule has 3 rings (SSSR count). The average molecular weight is 301 g/mol. The summed E-state index contributed by atoms with van der Waals surface area (Å²) in [5.41, 5.74) is 1.30. The first-order chi connectivity index (χ1) is 10.3. The Morgan fingerprint density at radius 1 is 1.14 bits per heavy atom. The van der Waals surface area contributed by atoms with Crippen LogP contribution in [0.5, 0.6) is 0 Å². The van der Waals surface area contributed by atoms with E-state index >= 15 is 0 Å². The van der Waals surface area contributed by atoms with Crippen molar-refractivity contribution in [2.45, 2.75) is 38.8 Å². The van der Waals surface area contributed by atoms with Gasteiger partial charge in [-0.15, -0.1) is 11.3 Å². The highest BCUT2D eigenvalue weighted by Crippen LogP contribution is 2.20. The molecule has 0 aromatic carbocycles. The van der Waals surface area contributed by atoms with Crippen LogP contribution in [0.4, 0.5) is 5.69 Å². The number of nitrogens with zero attached hydrogens (tertiary/aromatic N) is 2. The summed E-state index contributed by atoms with van der Waals surface area (Å²) in [5, 5.41) is 3.72. The van der Waals surface area contributed by atoms with Crippen LogP contribution in [-0.2, 0) is 13.0 Å². The van der Waals surface area contributed by atoms with Gasteiger partial charge in [0.2, 0.25) is 0 Å². The van der Waals surface area contributed by atoms with Crippen LogP contribution in [-0.4, -0.2) is 24.1 Å². The zero-order chi connectivity index (χ0) is 14.5. The third-order valence-corrected chi connectivity index (χ3v) is 5.38. The Morgan fingerprint density at radius 3 is 2.52 bits per heavy atom. The molecule has 1 aliphatic heterocycles. The summed E-state index contributed by atoms with van der Waals surface area (Å²) >= 11 is 1.94. The smallest absolute Gasteiger partial charge is 0.0397 e. The van der Waals surface area contributed by atoms with Crippen LogP contribution in [0.1, 0.15) is 29.5 Å². The van der Waals surface area contributed by atoms with Crippen molar-refractivity contribution in [3.8, 4) is 0 Å². The Labute approximate surface area is 131 Å². The zero-order valence-electron chi connectivity index (χ0n) is 12.6. The quantitative estimate of drug-likeness (QED) is 0.916. The van der Waals surface area contributed by atoms with Gasteiger partial charge < -0.3 is 10.2 Å². The van der Waals surface area contributed by atoms with Crippen LogP contribution in [0.3, 0.4) is 0 Å². The van der Waals surface area contributed by atoms with E-state index in [0.717, 1.165) is 26.1 Å². The van der Waals surface area contributed by atoms with Crippen LogP contribution >= 0.6 is 11.3 Å². The van der Waals surface area contributed by atoms with E-state index in [1.165, 1.54) is 28.3 Å².